The van der Waals surface area contributed by atoms with Crippen LogP contribution in [0, 0.1) is 0 Å². The first kappa shape index (κ1) is 26.1. The number of amides is 3. The molecule has 0 atom stereocenters. The summed E-state index contributed by atoms with van der Waals surface area (Å²) in [5.74, 6) is -1.32. The summed E-state index contributed by atoms with van der Waals surface area (Å²) in [5, 5.41) is -0.278. The number of fused-ring (bicyclic) bond motifs is 1. The average Bonchev–Trinajstić information content (AvgIpc) is 3.10. The maximum Gasteiger partial charge on any atom is 0.344 e. The average molecular weight is 549 g/mol. The van der Waals surface area contributed by atoms with Crippen LogP contribution in [0.4, 0.5) is 4.79 Å². The molecule has 36 heavy (non-hydrogen) atoms. The first-order valence-corrected chi connectivity index (χ1v) is 12.7. The molecule has 0 aliphatic carbocycles. The monoisotopic (exact) mass is 548 g/mol. The van der Waals surface area contributed by atoms with Crippen molar-refractivity contribution in [1.82, 2.24) is 9.80 Å². The smallest absolute Gasteiger partial charge is 0.344 e. The lowest BCUT2D eigenvalue weighted by Gasteiger charge is -2.29. The molecule has 2 heterocycles. The van der Waals surface area contributed by atoms with Crippen LogP contribution < -0.4 is 4.74 Å². The SMILES string of the molecule is CCOC(=O)COc1c(Cl)cc(/C=C2\SC(=O)N(CC(=O)N3CCc4ccccc4C3)C2=O)cc1Cl. The zero-order valence-electron chi connectivity index (χ0n) is 19.3. The van der Waals surface area contributed by atoms with Crippen molar-refractivity contribution in [2.75, 3.05) is 26.3 Å². The maximum atomic E-state index is 12.9. The standard InChI is InChI=1S/C25H22Cl2N2O6S/c1-2-34-22(31)14-35-23-18(26)9-15(10-19(23)27)11-20-24(32)29(25(33)36-20)13-21(30)28-8-7-16-5-3-4-6-17(16)12-28/h3-6,9-11H,2,7-8,12-14H2,1H3/b20-11-. The van der Waals surface area contributed by atoms with Crippen molar-refractivity contribution < 1.29 is 28.7 Å². The number of carbonyl (C=O) groups excluding carboxylic acids is 4. The molecule has 2 aromatic rings. The molecule has 0 unspecified atom stereocenters. The van der Waals surface area contributed by atoms with Gasteiger partial charge in [0.25, 0.3) is 11.1 Å². The maximum absolute atomic E-state index is 12.9. The summed E-state index contributed by atoms with van der Waals surface area (Å²) in [6, 6.07) is 10.9. The van der Waals surface area contributed by atoms with E-state index >= 15 is 0 Å². The van der Waals surface area contributed by atoms with E-state index in [4.69, 9.17) is 32.7 Å². The van der Waals surface area contributed by atoms with Gasteiger partial charge >= 0.3 is 5.97 Å². The predicted molar refractivity (Wildman–Crippen MR) is 137 cm³/mol. The Morgan fingerprint density at radius 2 is 1.81 bits per heavy atom. The van der Waals surface area contributed by atoms with Crippen molar-refractivity contribution in [3.63, 3.8) is 0 Å². The van der Waals surface area contributed by atoms with E-state index in [1.54, 1.807) is 11.8 Å². The van der Waals surface area contributed by atoms with Gasteiger partial charge in [-0.2, -0.15) is 0 Å². The van der Waals surface area contributed by atoms with Crippen LogP contribution >= 0.6 is 35.0 Å². The van der Waals surface area contributed by atoms with Gasteiger partial charge in [-0.1, -0.05) is 47.5 Å². The van der Waals surface area contributed by atoms with E-state index < -0.39 is 17.1 Å². The lowest BCUT2D eigenvalue weighted by atomic mass is 10.00. The minimum Gasteiger partial charge on any atom is -0.479 e. The number of hydrogen-bond acceptors (Lipinski definition) is 7. The zero-order chi connectivity index (χ0) is 25.8. The van der Waals surface area contributed by atoms with Crippen molar-refractivity contribution in [3.05, 3.63) is 68.0 Å². The Morgan fingerprint density at radius 1 is 1.11 bits per heavy atom. The van der Waals surface area contributed by atoms with E-state index in [1.807, 2.05) is 24.3 Å². The lowest BCUT2D eigenvalue weighted by molar-refractivity contribution is -0.145. The topological polar surface area (TPSA) is 93.2 Å². The molecular formula is C25H22Cl2N2O6S. The minimum absolute atomic E-state index is 0.102. The molecule has 188 valence electrons. The molecule has 2 aromatic carbocycles. The fourth-order valence-corrected chi connectivity index (χ4v) is 5.32. The fraction of sp³-hybridized carbons (Fsp3) is 0.280. The van der Waals surface area contributed by atoms with Crippen LogP contribution in [0.15, 0.2) is 41.3 Å². The largest absolute Gasteiger partial charge is 0.479 e. The Kier molecular flexibility index (Phi) is 8.23. The first-order chi connectivity index (χ1) is 17.3. The normalized spacial score (nSPS) is 16.4. The molecular weight excluding hydrogens is 527 g/mol. The van der Waals surface area contributed by atoms with E-state index in [0.717, 1.165) is 28.6 Å². The molecule has 0 N–H and O–H groups in total. The molecule has 11 heteroatoms. The molecule has 8 nitrogen and oxygen atoms in total. The molecule has 3 amide bonds. The molecule has 0 saturated carbocycles. The van der Waals surface area contributed by atoms with Gasteiger partial charge in [-0.05, 0) is 60.0 Å². The summed E-state index contributed by atoms with van der Waals surface area (Å²) >= 11 is 13.2. The van der Waals surface area contributed by atoms with E-state index in [-0.39, 0.29) is 46.4 Å². The van der Waals surface area contributed by atoms with E-state index in [0.29, 0.717) is 18.7 Å². The summed E-state index contributed by atoms with van der Waals surface area (Å²) in [6.07, 6.45) is 2.20. The quantitative estimate of drug-likeness (QED) is 0.370. The number of hydrogen-bond donors (Lipinski definition) is 0. The van der Waals surface area contributed by atoms with Crippen molar-refractivity contribution in [2.24, 2.45) is 0 Å². The number of carbonyl (C=O) groups is 4. The van der Waals surface area contributed by atoms with Gasteiger partial charge in [-0.15, -0.1) is 0 Å². The third-order valence-electron chi connectivity index (χ3n) is 5.61. The molecule has 4 rings (SSSR count). The molecule has 0 aromatic heterocycles. The Bertz CT molecular complexity index is 1240. The van der Waals surface area contributed by atoms with Crippen LogP contribution in [0.1, 0.15) is 23.6 Å². The van der Waals surface area contributed by atoms with Crippen LogP contribution in [0.5, 0.6) is 5.75 Å². The Hall–Kier alpha value is -3.01. The Labute approximate surface area is 222 Å². The molecule has 2 aliphatic heterocycles. The molecule has 0 radical (unpaired) electrons. The first-order valence-electron chi connectivity index (χ1n) is 11.1. The highest BCUT2D eigenvalue weighted by molar-refractivity contribution is 8.18. The van der Waals surface area contributed by atoms with Gasteiger partial charge < -0.3 is 14.4 Å². The van der Waals surface area contributed by atoms with Gasteiger partial charge in [0.15, 0.2) is 12.4 Å². The summed E-state index contributed by atoms with van der Waals surface area (Å²) in [4.78, 5) is 52.6. The number of ether oxygens (including phenoxy) is 2. The van der Waals surface area contributed by atoms with Crippen molar-refractivity contribution >= 4 is 64.1 Å². The Balaban J connectivity index is 1.43. The molecule has 0 spiro atoms. The molecule has 2 aliphatic rings. The van der Waals surface area contributed by atoms with Gasteiger partial charge in [0.2, 0.25) is 5.91 Å². The van der Waals surface area contributed by atoms with Gasteiger partial charge in [0.05, 0.1) is 21.6 Å². The number of nitrogens with zero attached hydrogens (tertiary/aromatic N) is 2. The number of esters is 1. The van der Waals surface area contributed by atoms with Gasteiger partial charge in [0, 0.05) is 13.1 Å². The van der Waals surface area contributed by atoms with Crippen LogP contribution in [0.2, 0.25) is 10.0 Å². The number of halogens is 2. The summed E-state index contributed by atoms with van der Waals surface area (Å²) in [6.45, 7) is 2.19. The molecule has 1 fully saturated rings. The Morgan fingerprint density at radius 3 is 2.50 bits per heavy atom. The second-order valence-electron chi connectivity index (χ2n) is 8.01. The zero-order valence-corrected chi connectivity index (χ0v) is 21.6. The second-order valence-corrected chi connectivity index (χ2v) is 9.82. The van der Waals surface area contributed by atoms with Crippen LogP contribution in [-0.4, -0.2) is 59.1 Å². The van der Waals surface area contributed by atoms with Crippen LogP contribution in [-0.2, 0) is 32.1 Å². The summed E-state index contributed by atoms with van der Waals surface area (Å²) < 4.78 is 10.2. The second kappa shape index (κ2) is 11.4. The highest BCUT2D eigenvalue weighted by Crippen LogP contribution is 2.37. The van der Waals surface area contributed by atoms with E-state index in [2.05, 4.69) is 0 Å². The van der Waals surface area contributed by atoms with Crippen LogP contribution in [0.25, 0.3) is 6.08 Å². The summed E-state index contributed by atoms with van der Waals surface area (Å²) in [5.41, 5.74) is 2.72. The van der Waals surface area contributed by atoms with Crippen molar-refractivity contribution in [1.29, 1.82) is 0 Å². The predicted octanol–water partition coefficient (Wildman–Crippen LogP) is 4.56. The minimum atomic E-state index is -0.564. The van der Waals surface area contributed by atoms with Crippen molar-refractivity contribution in [2.45, 2.75) is 19.9 Å². The number of benzene rings is 2. The highest BCUT2D eigenvalue weighted by atomic mass is 35.5. The third-order valence-corrected chi connectivity index (χ3v) is 7.08. The summed E-state index contributed by atoms with van der Waals surface area (Å²) in [7, 11) is 0. The lowest BCUT2D eigenvalue weighted by Crippen LogP contribution is -2.44. The van der Waals surface area contributed by atoms with E-state index in [9.17, 15) is 19.2 Å². The number of thioether (sulfide) groups is 1. The van der Waals surface area contributed by atoms with Crippen LogP contribution in [0.3, 0.4) is 0 Å². The van der Waals surface area contributed by atoms with E-state index in [1.165, 1.54) is 23.8 Å². The number of imide groups is 1. The third kappa shape index (κ3) is 5.86. The van der Waals surface area contributed by atoms with Gasteiger partial charge in [-0.25, -0.2) is 4.79 Å². The highest BCUT2D eigenvalue weighted by Gasteiger charge is 2.37. The fourth-order valence-electron chi connectivity index (χ4n) is 3.87. The number of rotatable bonds is 7. The molecule has 1 saturated heterocycles. The van der Waals surface area contributed by atoms with Crippen molar-refractivity contribution in [3.8, 4) is 5.75 Å². The van der Waals surface area contributed by atoms with Gasteiger partial charge in [0.1, 0.15) is 6.54 Å². The van der Waals surface area contributed by atoms with Gasteiger partial charge in [-0.3, -0.25) is 19.3 Å². The molecule has 0 bridgehead atoms.